The van der Waals surface area contributed by atoms with Crippen molar-refractivity contribution in [1.29, 1.82) is 0 Å². The Balaban J connectivity index is 1.96. The Bertz CT molecular complexity index is 430. The summed E-state index contributed by atoms with van der Waals surface area (Å²) < 4.78 is 0. The average Bonchev–Trinajstić information content (AvgIpc) is 2.80. The largest absolute Gasteiger partial charge is 0.446 e. The van der Waals surface area contributed by atoms with Gasteiger partial charge < -0.3 is 5.02 Å². The van der Waals surface area contributed by atoms with Crippen molar-refractivity contribution in [2.45, 2.75) is 45.7 Å². The molecule has 0 aromatic heterocycles. The maximum absolute atomic E-state index is 9.87. The highest BCUT2D eigenvalue weighted by Crippen LogP contribution is 2.27. The zero-order chi connectivity index (χ0) is 11.3. The predicted octanol–water partition coefficient (Wildman–Crippen LogP) is 1.16. The third kappa shape index (κ3) is 1.50. The molecule has 16 heavy (non-hydrogen) atoms. The van der Waals surface area contributed by atoms with Crippen LogP contribution >= 0.6 is 0 Å². The first-order chi connectivity index (χ1) is 7.65. The van der Waals surface area contributed by atoms with Crippen LogP contribution in [0.15, 0.2) is 12.1 Å². The van der Waals surface area contributed by atoms with Crippen LogP contribution in [0.2, 0.25) is 6.32 Å². The topological polar surface area (TPSA) is 23.5 Å². The normalized spacial score (nSPS) is 19.4. The van der Waals surface area contributed by atoms with Gasteiger partial charge in [0.05, 0.1) is 0 Å². The molecule has 0 fully saturated rings. The third-order valence-electron chi connectivity index (χ3n) is 3.98. The van der Waals surface area contributed by atoms with Crippen molar-refractivity contribution in [3.63, 3.8) is 0 Å². The van der Waals surface area contributed by atoms with Crippen molar-refractivity contribution in [1.82, 2.24) is 4.90 Å². The third-order valence-corrected chi connectivity index (χ3v) is 3.98. The lowest BCUT2D eigenvalue weighted by atomic mass is 9.63. The van der Waals surface area contributed by atoms with Crippen LogP contribution in [0, 0.1) is 0 Å². The summed E-state index contributed by atoms with van der Waals surface area (Å²) in [6.07, 6.45) is 1.96. The molecule has 2 aliphatic rings. The summed E-state index contributed by atoms with van der Waals surface area (Å²) in [5, 5.41) is 9.87. The monoisotopic (exact) mass is 215 g/mol. The Morgan fingerprint density at radius 3 is 2.56 bits per heavy atom. The molecule has 1 aromatic rings. The van der Waals surface area contributed by atoms with Gasteiger partial charge in [0, 0.05) is 19.1 Å². The predicted molar refractivity (Wildman–Crippen MR) is 66.9 cm³/mol. The van der Waals surface area contributed by atoms with Gasteiger partial charge in [0.25, 0.3) is 0 Å². The van der Waals surface area contributed by atoms with Crippen LogP contribution in [0.3, 0.4) is 0 Å². The van der Waals surface area contributed by atoms with E-state index >= 15 is 0 Å². The first-order valence-corrected chi connectivity index (χ1v) is 6.22. The molecule has 0 saturated carbocycles. The van der Waals surface area contributed by atoms with Crippen molar-refractivity contribution in [2.24, 2.45) is 0 Å². The summed E-state index contributed by atoms with van der Waals surface area (Å²) in [6, 6.07) is 5.17. The molecule has 0 unspecified atom stereocenters. The molecule has 0 spiro atoms. The van der Waals surface area contributed by atoms with E-state index in [0.29, 0.717) is 6.04 Å². The van der Waals surface area contributed by atoms with Crippen molar-refractivity contribution < 1.29 is 5.02 Å². The van der Waals surface area contributed by atoms with Crippen molar-refractivity contribution in [3.8, 4) is 0 Å². The van der Waals surface area contributed by atoms with Gasteiger partial charge in [0.2, 0.25) is 0 Å². The Kier molecular flexibility index (Phi) is 2.34. The van der Waals surface area contributed by atoms with Gasteiger partial charge in [-0.15, -0.1) is 0 Å². The highest BCUT2D eigenvalue weighted by atomic mass is 16.2. The van der Waals surface area contributed by atoms with E-state index in [1.54, 1.807) is 0 Å². The standard InChI is InChI=1S/C13H18BNO/c1-9(2)15-7-11-5-10-3-4-14(16)13(10)6-12(11)8-15/h5-6,9,16H,3-4,7-8H2,1-2H3. The number of fused-ring (bicyclic) bond motifs is 2. The smallest absolute Gasteiger partial charge is 0.324 e. The van der Waals surface area contributed by atoms with Crippen molar-refractivity contribution in [3.05, 3.63) is 28.8 Å². The Morgan fingerprint density at radius 2 is 1.88 bits per heavy atom. The fourth-order valence-corrected chi connectivity index (χ4v) is 2.89. The van der Waals surface area contributed by atoms with E-state index < -0.39 is 0 Å². The summed E-state index contributed by atoms with van der Waals surface area (Å²) >= 11 is 0. The van der Waals surface area contributed by atoms with Gasteiger partial charge in [0.1, 0.15) is 0 Å². The van der Waals surface area contributed by atoms with Crippen LogP contribution in [0.5, 0.6) is 0 Å². The van der Waals surface area contributed by atoms with Crippen molar-refractivity contribution >= 4 is 12.4 Å². The molecule has 1 aromatic carbocycles. The summed E-state index contributed by atoms with van der Waals surface area (Å²) in [7, 11) is 0. The second-order valence-corrected chi connectivity index (χ2v) is 5.37. The van der Waals surface area contributed by atoms with Crippen LogP contribution in [-0.2, 0) is 19.5 Å². The van der Waals surface area contributed by atoms with Gasteiger partial charge in [0.15, 0.2) is 0 Å². The fraction of sp³-hybridized carbons (Fsp3) is 0.538. The fourth-order valence-electron chi connectivity index (χ4n) is 2.89. The lowest BCUT2D eigenvalue weighted by molar-refractivity contribution is 0.227. The quantitative estimate of drug-likeness (QED) is 0.710. The molecule has 3 rings (SSSR count). The number of nitrogens with zero attached hydrogens (tertiary/aromatic N) is 1. The number of benzene rings is 1. The van der Waals surface area contributed by atoms with Crippen molar-refractivity contribution in [2.75, 3.05) is 0 Å². The highest BCUT2D eigenvalue weighted by Gasteiger charge is 2.29. The lowest BCUT2D eigenvalue weighted by Crippen LogP contribution is -2.26. The van der Waals surface area contributed by atoms with E-state index in [1.165, 1.54) is 22.2 Å². The molecule has 0 atom stereocenters. The molecular formula is C13H18BNO. The Labute approximate surface area is 97.4 Å². The molecule has 2 aliphatic heterocycles. The van der Waals surface area contributed by atoms with E-state index in [0.717, 1.165) is 25.8 Å². The molecule has 0 radical (unpaired) electrons. The molecule has 84 valence electrons. The molecule has 0 bridgehead atoms. The minimum Gasteiger partial charge on any atom is -0.446 e. The maximum atomic E-state index is 9.87. The van der Waals surface area contributed by atoms with E-state index in [9.17, 15) is 5.02 Å². The number of hydrogen-bond acceptors (Lipinski definition) is 2. The average molecular weight is 215 g/mol. The number of aryl methyl sites for hydroxylation is 1. The maximum Gasteiger partial charge on any atom is 0.324 e. The van der Waals surface area contributed by atoms with E-state index in [2.05, 4.69) is 30.9 Å². The molecule has 1 N–H and O–H groups in total. The van der Waals surface area contributed by atoms with Crippen LogP contribution in [0.1, 0.15) is 30.5 Å². The molecule has 3 heteroatoms. The van der Waals surface area contributed by atoms with Crippen LogP contribution in [0.4, 0.5) is 0 Å². The molecule has 2 heterocycles. The Hall–Kier alpha value is -0.795. The second-order valence-electron chi connectivity index (χ2n) is 5.37. The van der Waals surface area contributed by atoms with Crippen LogP contribution in [0.25, 0.3) is 0 Å². The first-order valence-electron chi connectivity index (χ1n) is 6.22. The van der Waals surface area contributed by atoms with Crippen LogP contribution in [-0.4, -0.2) is 22.9 Å². The number of hydrogen-bond donors (Lipinski definition) is 1. The summed E-state index contributed by atoms with van der Waals surface area (Å²) in [5.74, 6) is 0. The molecule has 0 aliphatic carbocycles. The second kappa shape index (κ2) is 3.61. The molecular weight excluding hydrogens is 197 g/mol. The zero-order valence-electron chi connectivity index (χ0n) is 10.0. The van der Waals surface area contributed by atoms with E-state index in [-0.39, 0.29) is 6.92 Å². The highest BCUT2D eigenvalue weighted by molar-refractivity contribution is 6.68. The first kappa shape index (κ1) is 10.4. The van der Waals surface area contributed by atoms with Gasteiger partial charge in [-0.25, -0.2) is 0 Å². The van der Waals surface area contributed by atoms with Gasteiger partial charge in [-0.3, -0.25) is 4.90 Å². The summed E-state index contributed by atoms with van der Waals surface area (Å²) in [6.45, 7) is 6.40. The minimum atomic E-state index is -0.214. The van der Waals surface area contributed by atoms with Gasteiger partial charge in [-0.05, 0) is 43.2 Å². The zero-order valence-corrected chi connectivity index (χ0v) is 10.0. The van der Waals surface area contributed by atoms with Gasteiger partial charge in [-0.2, -0.15) is 0 Å². The molecule has 0 amide bonds. The lowest BCUT2D eigenvalue weighted by Gasteiger charge is -2.18. The Morgan fingerprint density at radius 1 is 1.19 bits per heavy atom. The van der Waals surface area contributed by atoms with E-state index in [1.807, 2.05) is 0 Å². The number of rotatable bonds is 1. The minimum absolute atomic E-state index is 0.214. The SMILES string of the molecule is CC(C)N1Cc2cc3c(cc2C1)B(O)CC3. The summed E-state index contributed by atoms with van der Waals surface area (Å²) in [5.41, 5.74) is 5.45. The van der Waals surface area contributed by atoms with Gasteiger partial charge >= 0.3 is 6.92 Å². The molecule has 2 nitrogen and oxygen atoms in total. The molecule has 0 saturated heterocycles. The van der Waals surface area contributed by atoms with Gasteiger partial charge in [-0.1, -0.05) is 17.7 Å². The summed E-state index contributed by atoms with van der Waals surface area (Å²) in [4.78, 5) is 2.48. The van der Waals surface area contributed by atoms with E-state index in [4.69, 9.17) is 0 Å². The van der Waals surface area contributed by atoms with Crippen LogP contribution < -0.4 is 5.46 Å².